The Morgan fingerprint density at radius 3 is 2.82 bits per heavy atom. The summed E-state index contributed by atoms with van der Waals surface area (Å²) in [6.45, 7) is 8.61. The van der Waals surface area contributed by atoms with Crippen LogP contribution < -0.4 is 5.32 Å². The van der Waals surface area contributed by atoms with Gasteiger partial charge in [-0.2, -0.15) is 4.98 Å². The number of aryl methyl sites for hydroxylation is 1. The van der Waals surface area contributed by atoms with Gasteiger partial charge in [0.15, 0.2) is 5.82 Å². The van der Waals surface area contributed by atoms with E-state index in [1.807, 2.05) is 13.8 Å². The molecular formula is C17H29N3O2. The van der Waals surface area contributed by atoms with Crippen LogP contribution in [0, 0.1) is 11.8 Å². The molecule has 2 rings (SSSR count). The lowest BCUT2D eigenvalue weighted by molar-refractivity contribution is -0.122. The van der Waals surface area contributed by atoms with Crippen molar-refractivity contribution in [2.75, 3.05) is 0 Å². The van der Waals surface area contributed by atoms with Crippen molar-refractivity contribution in [3.05, 3.63) is 11.7 Å². The van der Waals surface area contributed by atoms with Crippen LogP contribution in [0.4, 0.5) is 0 Å². The van der Waals surface area contributed by atoms with Crippen molar-refractivity contribution in [2.45, 2.75) is 78.2 Å². The van der Waals surface area contributed by atoms with E-state index < -0.39 is 0 Å². The van der Waals surface area contributed by atoms with Crippen molar-refractivity contribution in [1.29, 1.82) is 0 Å². The number of carbonyl (C=O) groups excluding carboxylic acids is 1. The number of nitrogens with one attached hydrogen (secondary N) is 1. The molecule has 1 saturated carbocycles. The van der Waals surface area contributed by atoms with E-state index >= 15 is 0 Å². The van der Waals surface area contributed by atoms with E-state index in [1.165, 1.54) is 12.8 Å². The molecule has 1 heterocycles. The lowest BCUT2D eigenvalue weighted by Gasteiger charge is -2.34. The zero-order valence-electron chi connectivity index (χ0n) is 14.3. The average molecular weight is 307 g/mol. The van der Waals surface area contributed by atoms with E-state index in [0.717, 1.165) is 18.7 Å². The Kier molecular flexibility index (Phi) is 5.98. The number of carbonyl (C=O) groups is 1. The summed E-state index contributed by atoms with van der Waals surface area (Å²) in [6, 6.07) is 0.340. The van der Waals surface area contributed by atoms with Crippen LogP contribution >= 0.6 is 0 Å². The molecule has 0 radical (unpaired) electrons. The number of hydrogen-bond acceptors (Lipinski definition) is 4. The first-order chi connectivity index (χ1) is 10.5. The Hall–Kier alpha value is -1.39. The van der Waals surface area contributed by atoms with Gasteiger partial charge in [-0.1, -0.05) is 45.7 Å². The monoisotopic (exact) mass is 307 g/mol. The standard InChI is InChI=1S/C17H29N3O2/c1-11(2)17-19-16(22-20-17)10-6-9-15(21)18-14-8-5-7-12(3)13(14)4/h11-14H,5-10H2,1-4H3,(H,18,21)/t12-,13-,14+/m0/s1. The zero-order chi connectivity index (χ0) is 16.1. The van der Waals surface area contributed by atoms with Crippen LogP contribution in [0.2, 0.25) is 0 Å². The predicted octanol–water partition coefficient (Wildman–Crippen LogP) is 3.46. The maximum Gasteiger partial charge on any atom is 0.226 e. The molecule has 1 aromatic heterocycles. The van der Waals surface area contributed by atoms with Gasteiger partial charge in [-0.25, -0.2) is 0 Å². The van der Waals surface area contributed by atoms with Crippen molar-refractivity contribution in [3.8, 4) is 0 Å². The zero-order valence-corrected chi connectivity index (χ0v) is 14.3. The van der Waals surface area contributed by atoms with Gasteiger partial charge in [0.25, 0.3) is 0 Å². The van der Waals surface area contributed by atoms with Gasteiger partial charge in [0.2, 0.25) is 11.8 Å². The maximum atomic E-state index is 12.1. The van der Waals surface area contributed by atoms with E-state index in [0.29, 0.717) is 36.6 Å². The van der Waals surface area contributed by atoms with Gasteiger partial charge in [0.1, 0.15) is 0 Å². The van der Waals surface area contributed by atoms with Gasteiger partial charge >= 0.3 is 0 Å². The van der Waals surface area contributed by atoms with Crippen molar-refractivity contribution in [2.24, 2.45) is 11.8 Å². The van der Waals surface area contributed by atoms with Crippen molar-refractivity contribution >= 4 is 5.91 Å². The SMILES string of the molecule is CC(C)c1noc(CCCC(=O)N[C@@H]2CCC[C@H](C)[C@@H]2C)n1. The van der Waals surface area contributed by atoms with Gasteiger partial charge in [-0.3, -0.25) is 4.79 Å². The van der Waals surface area contributed by atoms with E-state index in [9.17, 15) is 4.79 Å². The first-order valence-corrected chi connectivity index (χ1v) is 8.59. The molecule has 0 unspecified atom stereocenters. The Balaban J connectivity index is 1.71. The molecule has 1 aromatic rings. The lowest BCUT2D eigenvalue weighted by Crippen LogP contribution is -2.43. The summed E-state index contributed by atoms with van der Waals surface area (Å²) in [7, 11) is 0. The van der Waals surface area contributed by atoms with Crippen LogP contribution in [0.1, 0.15) is 77.4 Å². The molecule has 0 aliphatic heterocycles. The Morgan fingerprint density at radius 2 is 2.14 bits per heavy atom. The van der Waals surface area contributed by atoms with Gasteiger partial charge in [0, 0.05) is 24.8 Å². The second-order valence-electron chi connectivity index (χ2n) is 7.00. The van der Waals surface area contributed by atoms with Crippen LogP contribution in [0.25, 0.3) is 0 Å². The third-order valence-corrected chi connectivity index (χ3v) is 4.85. The molecule has 22 heavy (non-hydrogen) atoms. The van der Waals surface area contributed by atoms with Crippen LogP contribution in [0.15, 0.2) is 4.52 Å². The quantitative estimate of drug-likeness (QED) is 0.874. The molecule has 1 amide bonds. The minimum Gasteiger partial charge on any atom is -0.353 e. The first-order valence-electron chi connectivity index (χ1n) is 8.59. The van der Waals surface area contributed by atoms with E-state index in [4.69, 9.17) is 4.52 Å². The summed E-state index contributed by atoms with van der Waals surface area (Å²) < 4.78 is 5.20. The molecule has 0 bridgehead atoms. The fourth-order valence-electron chi connectivity index (χ4n) is 3.07. The third-order valence-electron chi connectivity index (χ3n) is 4.85. The Bertz CT molecular complexity index is 484. The van der Waals surface area contributed by atoms with Crippen molar-refractivity contribution in [1.82, 2.24) is 15.5 Å². The lowest BCUT2D eigenvalue weighted by atomic mass is 9.78. The summed E-state index contributed by atoms with van der Waals surface area (Å²) in [5, 5.41) is 7.14. The highest BCUT2D eigenvalue weighted by molar-refractivity contribution is 5.76. The average Bonchev–Trinajstić information content (AvgIpc) is 2.93. The van der Waals surface area contributed by atoms with Crippen LogP contribution in [-0.4, -0.2) is 22.1 Å². The minimum atomic E-state index is 0.148. The van der Waals surface area contributed by atoms with Gasteiger partial charge in [-0.15, -0.1) is 0 Å². The molecule has 1 fully saturated rings. The van der Waals surface area contributed by atoms with Crippen LogP contribution in [0.5, 0.6) is 0 Å². The topological polar surface area (TPSA) is 68.0 Å². The maximum absolute atomic E-state index is 12.1. The predicted molar refractivity (Wildman–Crippen MR) is 85.4 cm³/mol. The summed E-state index contributed by atoms with van der Waals surface area (Å²) in [5.41, 5.74) is 0. The summed E-state index contributed by atoms with van der Waals surface area (Å²) in [6.07, 6.45) is 5.56. The number of rotatable bonds is 6. The molecular weight excluding hydrogens is 278 g/mol. The molecule has 1 N–H and O–H groups in total. The summed E-state index contributed by atoms with van der Waals surface area (Å²) >= 11 is 0. The van der Waals surface area contributed by atoms with Crippen LogP contribution in [-0.2, 0) is 11.2 Å². The first kappa shape index (κ1) is 17.0. The number of aromatic nitrogens is 2. The molecule has 0 aromatic carbocycles. The minimum absolute atomic E-state index is 0.148. The fraction of sp³-hybridized carbons (Fsp3) is 0.824. The molecule has 124 valence electrons. The highest BCUT2D eigenvalue weighted by atomic mass is 16.5. The van der Waals surface area contributed by atoms with Gasteiger partial charge in [-0.05, 0) is 24.7 Å². The van der Waals surface area contributed by atoms with Gasteiger partial charge in [0.05, 0.1) is 0 Å². The molecule has 5 nitrogen and oxygen atoms in total. The highest BCUT2D eigenvalue weighted by Gasteiger charge is 2.27. The summed E-state index contributed by atoms with van der Waals surface area (Å²) in [4.78, 5) is 16.4. The molecule has 0 spiro atoms. The summed E-state index contributed by atoms with van der Waals surface area (Å²) in [5.74, 6) is 3.07. The molecule has 1 aliphatic carbocycles. The molecule has 3 atom stereocenters. The van der Waals surface area contributed by atoms with E-state index in [1.54, 1.807) is 0 Å². The van der Waals surface area contributed by atoms with E-state index in [-0.39, 0.29) is 11.8 Å². The second-order valence-corrected chi connectivity index (χ2v) is 7.00. The Labute approximate surface area is 133 Å². The number of nitrogens with zero attached hydrogens (tertiary/aromatic N) is 2. The largest absolute Gasteiger partial charge is 0.353 e. The van der Waals surface area contributed by atoms with Gasteiger partial charge < -0.3 is 9.84 Å². The van der Waals surface area contributed by atoms with Crippen molar-refractivity contribution in [3.63, 3.8) is 0 Å². The highest BCUT2D eigenvalue weighted by Crippen LogP contribution is 2.29. The fourth-order valence-corrected chi connectivity index (χ4v) is 3.07. The number of amides is 1. The number of hydrogen-bond donors (Lipinski definition) is 1. The normalized spacial score (nSPS) is 25.4. The Morgan fingerprint density at radius 1 is 1.36 bits per heavy atom. The smallest absolute Gasteiger partial charge is 0.226 e. The van der Waals surface area contributed by atoms with Crippen LogP contribution in [0.3, 0.4) is 0 Å². The molecule has 0 saturated heterocycles. The second kappa shape index (κ2) is 7.75. The molecule has 1 aliphatic rings. The van der Waals surface area contributed by atoms with Crippen molar-refractivity contribution < 1.29 is 9.32 Å². The van der Waals surface area contributed by atoms with E-state index in [2.05, 4.69) is 29.3 Å². The molecule has 5 heteroatoms. The third kappa shape index (κ3) is 4.55.